The number of rotatable bonds is 2. The number of nitrogens with one attached hydrogen (secondary N) is 1. The van der Waals surface area contributed by atoms with E-state index in [1.54, 1.807) is 6.20 Å². The van der Waals surface area contributed by atoms with E-state index in [1.807, 2.05) is 13.0 Å². The van der Waals surface area contributed by atoms with Crippen molar-refractivity contribution in [1.29, 1.82) is 0 Å². The molecule has 1 aromatic heterocycles. The van der Waals surface area contributed by atoms with Gasteiger partial charge in [-0.25, -0.2) is 0 Å². The van der Waals surface area contributed by atoms with E-state index in [4.69, 9.17) is 0 Å². The number of H-pyrrole nitrogens is 1. The Bertz CT molecular complexity index is 205. The van der Waals surface area contributed by atoms with Crippen LogP contribution in [-0.2, 0) is 4.79 Å². The van der Waals surface area contributed by atoms with Crippen molar-refractivity contribution in [3.8, 4) is 0 Å². The van der Waals surface area contributed by atoms with Gasteiger partial charge in [-0.15, -0.1) is 0 Å². The van der Waals surface area contributed by atoms with Crippen molar-refractivity contribution in [2.24, 2.45) is 0 Å². The molecular formula is C6H7N2O. The highest BCUT2D eigenvalue weighted by atomic mass is 16.1. The van der Waals surface area contributed by atoms with Crippen LogP contribution in [0.5, 0.6) is 0 Å². The highest BCUT2D eigenvalue weighted by molar-refractivity contribution is 5.57. The average Bonchev–Trinajstić information content (AvgIpc) is 2.18. The number of hydrogen-bond donors (Lipinski definition) is 1. The summed E-state index contributed by atoms with van der Waals surface area (Å²) in [7, 11) is 0. The molecule has 3 nitrogen and oxygen atoms in total. The van der Waals surface area contributed by atoms with E-state index in [9.17, 15) is 4.79 Å². The van der Waals surface area contributed by atoms with Crippen molar-refractivity contribution >= 4 is 12.2 Å². The van der Waals surface area contributed by atoms with Crippen LogP contribution in [0.4, 0.5) is 5.82 Å². The van der Waals surface area contributed by atoms with Gasteiger partial charge in [0.1, 0.15) is 5.82 Å². The highest BCUT2D eigenvalue weighted by Gasteiger charge is 1.95. The molecule has 0 saturated carbocycles. The number of aromatic nitrogens is 1. The Morgan fingerprint density at radius 2 is 2.56 bits per heavy atom. The third-order valence-electron chi connectivity index (χ3n) is 1.11. The molecule has 9 heavy (non-hydrogen) atoms. The van der Waals surface area contributed by atoms with Gasteiger partial charge in [0.05, 0.1) is 0 Å². The minimum absolute atomic E-state index is 0.527. The molecular weight excluding hydrogens is 116 g/mol. The Hall–Kier alpha value is -1.25. The van der Waals surface area contributed by atoms with Gasteiger partial charge >= 0.3 is 0 Å². The maximum absolute atomic E-state index is 9.84. The van der Waals surface area contributed by atoms with Crippen molar-refractivity contribution in [3.63, 3.8) is 0 Å². The normalized spacial score (nSPS) is 9.00. The summed E-state index contributed by atoms with van der Waals surface area (Å²) in [6, 6.07) is 1.86. The first-order valence-corrected chi connectivity index (χ1v) is 2.63. The molecule has 1 aromatic rings. The van der Waals surface area contributed by atoms with Gasteiger partial charge in [-0.1, -0.05) is 0 Å². The van der Waals surface area contributed by atoms with Crippen molar-refractivity contribution in [3.05, 3.63) is 17.8 Å². The average molecular weight is 123 g/mol. The lowest BCUT2D eigenvalue weighted by molar-refractivity contribution is -0.108. The molecule has 0 fully saturated rings. The number of hydrogen-bond acceptors (Lipinski definition) is 1. The second-order valence-electron chi connectivity index (χ2n) is 1.74. The molecule has 0 spiro atoms. The summed E-state index contributed by atoms with van der Waals surface area (Å²) < 4.78 is 0. The molecule has 0 aliphatic carbocycles. The van der Waals surface area contributed by atoms with Crippen LogP contribution in [0.25, 0.3) is 0 Å². The number of nitrogens with zero attached hydrogens (tertiary/aromatic N) is 1. The number of amides is 1. The zero-order valence-corrected chi connectivity index (χ0v) is 5.09. The van der Waals surface area contributed by atoms with Gasteiger partial charge in [0, 0.05) is 6.20 Å². The summed E-state index contributed by atoms with van der Waals surface area (Å²) in [6.45, 7) is 1.89. The fraction of sp³-hybridized carbons (Fsp3) is 0.167. The topological polar surface area (TPSA) is 47.0 Å². The fourth-order valence-electron chi connectivity index (χ4n) is 0.630. The van der Waals surface area contributed by atoms with E-state index in [0.29, 0.717) is 12.2 Å². The molecule has 1 radical (unpaired) electrons. The van der Waals surface area contributed by atoms with E-state index >= 15 is 0 Å². The predicted octanol–water partition coefficient (Wildman–Crippen LogP) is 0.715. The van der Waals surface area contributed by atoms with Gasteiger partial charge in [-0.3, -0.25) is 4.79 Å². The maximum atomic E-state index is 9.84. The predicted molar refractivity (Wildman–Crippen MR) is 33.4 cm³/mol. The molecule has 0 aliphatic rings. The van der Waals surface area contributed by atoms with Crippen LogP contribution in [0, 0.1) is 6.92 Å². The number of carbonyl (C=O) groups excluding carboxylic acids is 1. The van der Waals surface area contributed by atoms with Crippen LogP contribution in [0.2, 0.25) is 0 Å². The van der Waals surface area contributed by atoms with Crippen LogP contribution in [0.15, 0.2) is 12.3 Å². The molecule has 3 heteroatoms. The third kappa shape index (κ3) is 1.10. The Labute approximate surface area is 53.1 Å². The molecule has 47 valence electrons. The van der Waals surface area contributed by atoms with E-state index in [-0.39, 0.29) is 0 Å². The summed E-state index contributed by atoms with van der Waals surface area (Å²) in [5.41, 5.74) is 0.988. The molecule has 1 rings (SSSR count). The molecule has 0 unspecified atom stereocenters. The van der Waals surface area contributed by atoms with Gasteiger partial charge in [0.25, 0.3) is 0 Å². The zero-order chi connectivity index (χ0) is 6.69. The van der Waals surface area contributed by atoms with Crippen molar-refractivity contribution in [2.45, 2.75) is 6.92 Å². The van der Waals surface area contributed by atoms with Crippen LogP contribution >= 0.6 is 0 Å². The summed E-state index contributed by atoms with van der Waals surface area (Å²) >= 11 is 0. The third-order valence-corrected chi connectivity index (χ3v) is 1.11. The molecule has 1 heterocycles. The second kappa shape index (κ2) is 2.35. The molecule has 0 bridgehead atoms. The largest absolute Gasteiger partial charge is 0.346 e. The first kappa shape index (κ1) is 5.88. The van der Waals surface area contributed by atoms with Crippen molar-refractivity contribution in [1.82, 2.24) is 10.3 Å². The van der Waals surface area contributed by atoms with E-state index < -0.39 is 0 Å². The van der Waals surface area contributed by atoms with Crippen LogP contribution < -0.4 is 5.32 Å². The maximum Gasteiger partial charge on any atom is 0.234 e. The molecule has 0 aliphatic heterocycles. The zero-order valence-electron chi connectivity index (χ0n) is 5.09. The van der Waals surface area contributed by atoms with E-state index in [1.165, 1.54) is 0 Å². The van der Waals surface area contributed by atoms with Crippen molar-refractivity contribution in [2.75, 3.05) is 0 Å². The van der Waals surface area contributed by atoms with Crippen LogP contribution in [-0.4, -0.2) is 11.4 Å². The number of carbonyl (C=O) groups is 1. The number of aryl methyl sites for hydroxylation is 1. The molecule has 0 atom stereocenters. The SMILES string of the molecule is Cc1cc[nH]c1[N]C=O. The minimum Gasteiger partial charge on any atom is -0.346 e. The molecule has 0 saturated heterocycles. The smallest absolute Gasteiger partial charge is 0.234 e. The summed E-state index contributed by atoms with van der Waals surface area (Å²) in [6.07, 6.45) is 2.27. The second-order valence-corrected chi connectivity index (χ2v) is 1.74. The lowest BCUT2D eigenvalue weighted by Gasteiger charge is -1.88. The lowest BCUT2D eigenvalue weighted by atomic mass is 10.4. The van der Waals surface area contributed by atoms with Gasteiger partial charge in [-0.2, -0.15) is 5.32 Å². The monoisotopic (exact) mass is 123 g/mol. The molecule has 1 N–H and O–H groups in total. The molecule has 0 aromatic carbocycles. The lowest BCUT2D eigenvalue weighted by Crippen LogP contribution is -1.92. The Balaban J connectivity index is 2.80. The van der Waals surface area contributed by atoms with Crippen LogP contribution in [0.1, 0.15) is 5.56 Å². The van der Waals surface area contributed by atoms with E-state index in [0.717, 1.165) is 5.56 Å². The quantitative estimate of drug-likeness (QED) is 0.578. The minimum atomic E-state index is 0.527. The summed E-state index contributed by atoms with van der Waals surface area (Å²) in [5.74, 6) is 0.644. The van der Waals surface area contributed by atoms with Crippen LogP contribution in [0.3, 0.4) is 0 Å². The fourth-order valence-corrected chi connectivity index (χ4v) is 0.630. The Morgan fingerprint density at radius 1 is 1.78 bits per heavy atom. The highest BCUT2D eigenvalue weighted by Crippen LogP contribution is 2.08. The summed E-state index contributed by atoms with van der Waals surface area (Å²) in [5, 5.41) is 3.53. The first-order chi connectivity index (χ1) is 4.34. The standard InChI is InChI=1S/C6H7N2O/c1-5-2-3-7-6(5)8-4-9/h2-4,7H,1H3. The van der Waals surface area contributed by atoms with Gasteiger partial charge in [-0.05, 0) is 18.6 Å². The Morgan fingerprint density at radius 3 is 3.00 bits per heavy atom. The van der Waals surface area contributed by atoms with Gasteiger partial charge in [0.2, 0.25) is 6.41 Å². The number of aromatic amines is 1. The van der Waals surface area contributed by atoms with Gasteiger partial charge < -0.3 is 4.98 Å². The Kier molecular flexibility index (Phi) is 1.53. The summed E-state index contributed by atoms with van der Waals surface area (Å²) in [4.78, 5) is 12.6. The van der Waals surface area contributed by atoms with E-state index in [2.05, 4.69) is 10.3 Å². The molecule has 1 amide bonds. The van der Waals surface area contributed by atoms with Crippen molar-refractivity contribution < 1.29 is 4.79 Å². The van der Waals surface area contributed by atoms with Gasteiger partial charge in [0.15, 0.2) is 0 Å². The first-order valence-electron chi connectivity index (χ1n) is 2.63.